The van der Waals surface area contributed by atoms with Crippen LogP contribution in [0.25, 0.3) is 0 Å². The van der Waals surface area contributed by atoms with E-state index >= 15 is 0 Å². The number of rotatable bonds is 5. The van der Waals surface area contributed by atoms with Crippen LogP contribution in [0, 0.1) is 17.7 Å². The van der Waals surface area contributed by atoms with E-state index in [1.807, 2.05) is 13.1 Å². The Morgan fingerprint density at radius 2 is 2.11 bits per heavy atom. The highest BCUT2D eigenvalue weighted by atomic mass is 35.5. The molecule has 2 rings (SSSR count). The molecule has 1 aliphatic carbocycles. The topological polar surface area (TPSA) is 12.0 Å². The lowest BCUT2D eigenvalue weighted by atomic mass is 9.85. The van der Waals surface area contributed by atoms with Gasteiger partial charge in [0.25, 0.3) is 0 Å². The maximum absolute atomic E-state index is 13.4. The summed E-state index contributed by atoms with van der Waals surface area (Å²) in [6.07, 6.45) is 6.16. The molecule has 1 nitrogen and oxygen atoms in total. The van der Waals surface area contributed by atoms with E-state index in [0.29, 0.717) is 10.9 Å². The number of hydrogen-bond donors (Lipinski definition) is 1. The molecule has 0 spiro atoms. The Morgan fingerprint density at radius 3 is 2.78 bits per heavy atom. The Bertz CT molecular complexity index is 388. The Morgan fingerprint density at radius 1 is 1.39 bits per heavy atom. The van der Waals surface area contributed by atoms with Crippen LogP contribution in [0.15, 0.2) is 18.2 Å². The van der Waals surface area contributed by atoms with Crippen molar-refractivity contribution in [3.63, 3.8) is 0 Å². The third-order valence-electron chi connectivity index (χ3n) is 4.05. The van der Waals surface area contributed by atoms with E-state index in [1.54, 1.807) is 6.07 Å². The molecule has 1 aliphatic rings. The molecule has 0 bridgehead atoms. The molecule has 0 radical (unpaired) electrons. The third kappa shape index (κ3) is 3.24. The minimum Gasteiger partial charge on any atom is -0.319 e. The smallest absolute Gasteiger partial charge is 0.142 e. The molecule has 1 aromatic rings. The van der Waals surface area contributed by atoms with Gasteiger partial charge in [-0.3, -0.25) is 0 Å². The van der Waals surface area contributed by atoms with E-state index in [-0.39, 0.29) is 5.82 Å². The number of hydrogen-bond acceptors (Lipinski definition) is 1. The van der Waals surface area contributed by atoms with Crippen molar-refractivity contribution in [3.05, 3.63) is 34.6 Å². The Kier molecular flexibility index (Phi) is 5.02. The fourth-order valence-electron chi connectivity index (χ4n) is 3.09. The molecule has 1 unspecified atom stereocenters. The molecule has 0 aromatic heterocycles. The average molecular weight is 270 g/mol. The van der Waals surface area contributed by atoms with Gasteiger partial charge in [-0.05, 0) is 43.5 Å². The first-order valence-corrected chi connectivity index (χ1v) is 7.17. The minimum absolute atomic E-state index is 0.302. The van der Waals surface area contributed by atoms with Crippen LogP contribution < -0.4 is 5.32 Å². The second-order valence-electron chi connectivity index (χ2n) is 5.28. The Labute approximate surface area is 114 Å². The van der Waals surface area contributed by atoms with Gasteiger partial charge in [-0.15, -0.1) is 0 Å². The molecule has 1 saturated carbocycles. The lowest BCUT2D eigenvalue weighted by Crippen LogP contribution is -2.26. The van der Waals surface area contributed by atoms with Gasteiger partial charge in [-0.25, -0.2) is 4.39 Å². The van der Waals surface area contributed by atoms with Crippen LogP contribution in [0.1, 0.15) is 31.2 Å². The van der Waals surface area contributed by atoms with Gasteiger partial charge >= 0.3 is 0 Å². The number of benzene rings is 1. The maximum Gasteiger partial charge on any atom is 0.142 e. The molecular formula is C15H21ClFN. The van der Waals surface area contributed by atoms with Gasteiger partial charge in [0.1, 0.15) is 5.82 Å². The molecule has 3 heteroatoms. The molecule has 1 N–H and O–H groups in total. The van der Waals surface area contributed by atoms with E-state index in [2.05, 4.69) is 5.32 Å². The van der Waals surface area contributed by atoms with Crippen LogP contribution in [-0.4, -0.2) is 13.6 Å². The van der Waals surface area contributed by atoms with Gasteiger partial charge in [-0.2, -0.15) is 0 Å². The fraction of sp³-hybridized carbons (Fsp3) is 0.600. The van der Waals surface area contributed by atoms with Gasteiger partial charge in [0.05, 0.1) is 5.02 Å². The first-order chi connectivity index (χ1) is 8.72. The highest BCUT2D eigenvalue weighted by Crippen LogP contribution is 2.34. The molecule has 1 aromatic carbocycles. The molecule has 1 fully saturated rings. The first-order valence-electron chi connectivity index (χ1n) is 6.80. The monoisotopic (exact) mass is 269 g/mol. The van der Waals surface area contributed by atoms with Crippen LogP contribution in [0.5, 0.6) is 0 Å². The van der Waals surface area contributed by atoms with Crippen LogP contribution >= 0.6 is 11.6 Å². The largest absolute Gasteiger partial charge is 0.319 e. The summed E-state index contributed by atoms with van der Waals surface area (Å²) in [7, 11) is 1.98. The van der Waals surface area contributed by atoms with Crippen LogP contribution in [0.2, 0.25) is 5.02 Å². The maximum atomic E-state index is 13.4. The van der Waals surface area contributed by atoms with E-state index in [4.69, 9.17) is 11.6 Å². The SMILES string of the molecule is CNCC(Cc1cccc(F)c1Cl)C1CCCC1. The van der Waals surface area contributed by atoms with Gasteiger partial charge in [-0.1, -0.05) is 49.4 Å². The molecular weight excluding hydrogens is 249 g/mol. The van der Waals surface area contributed by atoms with Crippen LogP contribution in [-0.2, 0) is 6.42 Å². The zero-order chi connectivity index (χ0) is 13.0. The fourth-order valence-corrected chi connectivity index (χ4v) is 3.29. The summed E-state index contributed by atoms with van der Waals surface area (Å²) in [5.41, 5.74) is 0.948. The number of halogens is 2. The van der Waals surface area contributed by atoms with Crippen LogP contribution in [0.4, 0.5) is 4.39 Å². The quantitative estimate of drug-likeness (QED) is 0.850. The standard InChI is InChI=1S/C15H21ClFN/c1-18-10-13(11-5-2-3-6-11)9-12-7-4-8-14(17)15(12)16/h4,7-8,11,13,18H,2-3,5-6,9-10H2,1H3. The number of nitrogens with one attached hydrogen (secondary N) is 1. The van der Waals surface area contributed by atoms with E-state index in [0.717, 1.165) is 24.4 Å². The summed E-state index contributed by atoms with van der Waals surface area (Å²) in [5.74, 6) is 1.03. The van der Waals surface area contributed by atoms with Gasteiger partial charge in [0.15, 0.2) is 0 Å². The minimum atomic E-state index is -0.302. The van der Waals surface area contributed by atoms with Crippen molar-refractivity contribution in [2.75, 3.05) is 13.6 Å². The van der Waals surface area contributed by atoms with Crippen LogP contribution in [0.3, 0.4) is 0 Å². The second-order valence-corrected chi connectivity index (χ2v) is 5.66. The lowest BCUT2D eigenvalue weighted by Gasteiger charge is -2.23. The highest BCUT2D eigenvalue weighted by molar-refractivity contribution is 6.31. The van der Waals surface area contributed by atoms with Crippen molar-refractivity contribution in [3.8, 4) is 0 Å². The first kappa shape index (κ1) is 13.8. The molecule has 18 heavy (non-hydrogen) atoms. The average Bonchev–Trinajstić information content (AvgIpc) is 2.88. The second kappa shape index (κ2) is 6.53. The normalized spacial score (nSPS) is 18.2. The van der Waals surface area contributed by atoms with Crippen molar-refractivity contribution in [1.82, 2.24) is 5.32 Å². The highest BCUT2D eigenvalue weighted by Gasteiger charge is 2.25. The summed E-state index contributed by atoms with van der Waals surface area (Å²) in [4.78, 5) is 0. The predicted octanol–water partition coefficient (Wildman–Crippen LogP) is 4.05. The summed E-state index contributed by atoms with van der Waals surface area (Å²) in [5, 5.41) is 3.56. The third-order valence-corrected chi connectivity index (χ3v) is 4.47. The lowest BCUT2D eigenvalue weighted by molar-refractivity contribution is 0.328. The molecule has 0 aliphatic heterocycles. The molecule has 1 atom stereocenters. The van der Waals surface area contributed by atoms with Gasteiger partial charge in [0, 0.05) is 0 Å². The van der Waals surface area contributed by atoms with E-state index in [1.165, 1.54) is 31.7 Å². The summed E-state index contributed by atoms with van der Waals surface area (Å²) < 4.78 is 13.4. The molecule has 0 heterocycles. The van der Waals surface area contributed by atoms with Crippen molar-refractivity contribution in [2.24, 2.45) is 11.8 Å². The van der Waals surface area contributed by atoms with Gasteiger partial charge in [0.2, 0.25) is 0 Å². The van der Waals surface area contributed by atoms with Crippen molar-refractivity contribution >= 4 is 11.6 Å². The van der Waals surface area contributed by atoms with Crippen molar-refractivity contribution in [1.29, 1.82) is 0 Å². The zero-order valence-electron chi connectivity index (χ0n) is 10.9. The summed E-state index contributed by atoms with van der Waals surface area (Å²) in [6.45, 7) is 0.984. The molecule has 0 saturated heterocycles. The van der Waals surface area contributed by atoms with Crippen molar-refractivity contribution < 1.29 is 4.39 Å². The van der Waals surface area contributed by atoms with E-state index in [9.17, 15) is 4.39 Å². The molecule has 100 valence electrons. The predicted molar refractivity (Wildman–Crippen MR) is 74.5 cm³/mol. The van der Waals surface area contributed by atoms with Crippen molar-refractivity contribution in [2.45, 2.75) is 32.1 Å². The molecule has 0 amide bonds. The Hall–Kier alpha value is -0.600. The van der Waals surface area contributed by atoms with E-state index < -0.39 is 0 Å². The summed E-state index contributed by atoms with van der Waals surface area (Å²) in [6, 6.07) is 5.12. The zero-order valence-corrected chi connectivity index (χ0v) is 11.6. The Balaban J connectivity index is 2.10. The summed E-state index contributed by atoms with van der Waals surface area (Å²) >= 11 is 6.05. The van der Waals surface area contributed by atoms with Gasteiger partial charge < -0.3 is 5.32 Å².